The SMILES string of the molecule is CC(=O)N(C1CC1)C(C)(C(=O)O)c1cc(C)ccc1C. The maximum atomic E-state index is 12.0. The molecule has 0 saturated heterocycles. The van der Waals surface area contributed by atoms with Crippen LogP contribution < -0.4 is 0 Å². The first-order chi connectivity index (χ1) is 9.28. The third-order valence-corrected chi connectivity index (χ3v) is 4.07. The van der Waals surface area contributed by atoms with Gasteiger partial charge in [0.15, 0.2) is 5.54 Å². The van der Waals surface area contributed by atoms with Gasteiger partial charge in [-0.15, -0.1) is 0 Å². The second-order valence-electron chi connectivity index (χ2n) is 5.82. The predicted molar refractivity (Wildman–Crippen MR) is 76.4 cm³/mol. The van der Waals surface area contributed by atoms with Crippen LogP contribution in [0, 0.1) is 13.8 Å². The molecule has 0 radical (unpaired) electrons. The highest BCUT2D eigenvalue weighted by Gasteiger charge is 2.49. The zero-order valence-corrected chi connectivity index (χ0v) is 12.4. The van der Waals surface area contributed by atoms with Crippen molar-refractivity contribution in [1.82, 2.24) is 4.90 Å². The average Bonchev–Trinajstić information content (AvgIpc) is 3.15. The number of carboxylic acids is 1. The van der Waals surface area contributed by atoms with Crippen LogP contribution in [0.4, 0.5) is 0 Å². The maximum Gasteiger partial charge on any atom is 0.334 e. The standard InChI is InChI=1S/C16H21NO3/c1-10-5-6-11(2)14(9-10)16(4,15(19)20)17(12(3)18)13-7-8-13/h5-6,9,13H,7-8H2,1-4H3,(H,19,20). The number of hydrogen-bond donors (Lipinski definition) is 1. The molecule has 4 heteroatoms. The molecule has 2 rings (SSSR count). The molecule has 20 heavy (non-hydrogen) atoms. The van der Waals surface area contributed by atoms with Gasteiger partial charge in [0.1, 0.15) is 0 Å². The first-order valence-corrected chi connectivity index (χ1v) is 6.89. The molecule has 1 unspecified atom stereocenters. The fourth-order valence-corrected chi connectivity index (χ4v) is 2.88. The molecule has 1 fully saturated rings. The lowest BCUT2D eigenvalue weighted by Gasteiger charge is -2.39. The molecular weight excluding hydrogens is 254 g/mol. The summed E-state index contributed by atoms with van der Waals surface area (Å²) in [6.45, 7) is 6.91. The lowest BCUT2D eigenvalue weighted by atomic mass is 9.85. The van der Waals surface area contributed by atoms with Crippen LogP contribution in [0.3, 0.4) is 0 Å². The molecule has 1 N–H and O–H groups in total. The van der Waals surface area contributed by atoms with Gasteiger partial charge in [-0.2, -0.15) is 0 Å². The minimum Gasteiger partial charge on any atom is -0.479 e. The van der Waals surface area contributed by atoms with Gasteiger partial charge in [-0.05, 0) is 44.7 Å². The van der Waals surface area contributed by atoms with Crippen LogP contribution in [0.15, 0.2) is 18.2 Å². The summed E-state index contributed by atoms with van der Waals surface area (Å²) >= 11 is 0. The van der Waals surface area contributed by atoms with Crippen LogP contribution in [-0.4, -0.2) is 27.9 Å². The second kappa shape index (κ2) is 4.93. The predicted octanol–water partition coefficient (Wildman–Crippen LogP) is 2.61. The van der Waals surface area contributed by atoms with Crippen molar-refractivity contribution < 1.29 is 14.7 Å². The van der Waals surface area contributed by atoms with Crippen molar-refractivity contribution in [3.63, 3.8) is 0 Å². The largest absolute Gasteiger partial charge is 0.479 e. The summed E-state index contributed by atoms with van der Waals surface area (Å²) in [7, 11) is 0. The van der Waals surface area contributed by atoms with Crippen molar-refractivity contribution >= 4 is 11.9 Å². The number of amides is 1. The second-order valence-corrected chi connectivity index (χ2v) is 5.82. The molecule has 1 atom stereocenters. The van der Waals surface area contributed by atoms with Crippen LogP contribution in [0.2, 0.25) is 0 Å². The number of aliphatic carboxylic acids is 1. The molecule has 0 aliphatic heterocycles. The van der Waals surface area contributed by atoms with Gasteiger partial charge < -0.3 is 10.0 Å². The Hall–Kier alpha value is -1.84. The highest BCUT2D eigenvalue weighted by Crippen LogP contribution is 2.40. The van der Waals surface area contributed by atoms with E-state index in [0.717, 1.165) is 24.0 Å². The molecular formula is C16H21NO3. The van der Waals surface area contributed by atoms with E-state index in [-0.39, 0.29) is 11.9 Å². The fourth-order valence-electron chi connectivity index (χ4n) is 2.88. The van der Waals surface area contributed by atoms with Gasteiger partial charge in [-0.25, -0.2) is 4.79 Å². The van der Waals surface area contributed by atoms with Crippen molar-refractivity contribution in [1.29, 1.82) is 0 Å². The van der Waals surface area contributed by atoms with Gasteiger partial charge in [-0.3, -0.25) is 4.79 Å². The van der Waals surface area contributed by atoms with Crippen molar-refractivity contribution in [2.24, 2.45) is 0 Å². The first-order valence-electron chi connectivity index (χ1n) is 6.89. The number of hydrogen-bond acceptors (Lipinski definition) is 2. The number of rotatable bonds is 4. The third-order valence-electron chi connectivity index (χ3n) is 4.07. The Kier molecular flexibility index (Phi) is 3.59. The monoisotopic (exact) mass is 275 g/mol. The molecule has 1 aliphatic rings. The molecule has 0 aromatic heterocycles. The summed E-state index contributed by atoms with van der Waals surface area (Å²) < 4.78 is 0. The number of carbonyl (C=O) groups excluding carboxylic acids is 1. The molecule has 1 aliphatic carbocycles. The highest BCUT2D eigenvalue weighted by atomic mass is 16.4. The van der Waals surface area contributed by atoms with Crippen molar-refractivity contribution in [2.75, 3.05) is 0 Å². The fraction of sp³-hybridized carbons (Fsp3) is 0.500. The molecule has 0 heterocycles. The zero-order chi connectivity index (χ0) is 15.1. The summed E-state index contributed by atoms with van der Waals surface area (Å²) in [5.41, 5.74) is 1.29. The van der Waals surface area contributed by atoms with E-state index in [9.17, 15) is 14.7 Å². The van der Waals surface area contributed by atoms with Crippen LogP contribution in [0.1, 0.15) is 43.4 Å². The van der Waals surface area contributed by atoms with Gasteiger partial charge >= 0.3 is 5.97 Å². The van der Waals surface area contributed by atoms with E-state index in [1.807, 2.05) is 32.0 Å². The average molecular weight is 275 g/mol. The van der Waals surface area contributed by atoms with E-state index in [0.29, 0.717) is 5.56 Å². The third kappa shape index (κ3) is 2.30. The normalized spacial score (nSPS) is 17.4. The summed E-state index contributed by atoms with van der Waals surface area (Å²) in [6, 6.07) is 5.79. The number of carboxylic acid groups (broad SMARTS) is 1. The van der Waals surface area contributed by atoms with Gasteiger partial charge in [0.05, 0.1) is 0 Å². The number of aryl methyl sites for hydroxylation is 2. The van der Waals surface area contributed by atoms with Crippen LogP contribution in [-0.2, 0) is 15.1 Å². The molecule has 0 bridgehead atoms. The molecule has 0 spiro atoms. The molecule has 4 nitrogen and oxygen atoms in total. The lowest BCUT2D eigenvalue weighted by molar-refractivity contribution is -0.159. The molecule has 108 valence electrons. The van der Waals surface area contributed by atoms with E-state index in [1.165, 1.54) is 11.8 Å². The Morgan fingerprint density at radius 3 is 2.35 bits per heavy atom. The quantitative estimate of drug-likeness (QED) is 0.919. The lowest BCUT2D eigenvalue weighted by Crippen LogP contribution is -2.53. The maximum absolute atomic E-state index is 12.0. The van der Waals surface area contributed by atoms with Crippen molar-refractivity contribution in [3.05, 3.63) is 34.9 Å². The van der Waals surface area contributed by atoms with E-state index >= 15 is 0 Å². The first kappa shape index (κ1) is 14.6. The molecule has 1 aromatic rings. The molecule has 1 aromatic carbocycles. The van der Waals surface area contributed by atoms with Crippen molar-refractivity contribution in [2.45, 2.75) is 52.1 Å². The van der Waals surface area contributed by atoms with E-state index in [4.69, 9.17) is 0 Å². The van der Waals surface area contributed by atoms with Crippen LogP contribution in [0.25, 0.3) is 0 Å². The van der Waals surface area contributed by atoms with E-state index in [1.54, 1.807) is 6.92 Å². The summed E-state index contributed by atoms with van der Waals surface area (Å²) in [4.78, 5) is 25.5. The van der Waals surface area contributed by atoms with E-state index in [2.05, 4.69) is 0 Å². The topological polar surface area (TPSA) is 57.6 Å². The Balaban J connectivity index is 2.61. The Labute approximate surface area is 119 Å². The van der Waals surface area contributed by atoms with Gasteiger partial charge in [-0.1, -0.05) is 23.8 Å². The highest BCUT2D eigenvalue weighted by molar-refractivity contribution is 5.88. The number of carbonyl (C=O) groups is 2. The zero-order valence-electron chi connectivity index (χ0n) is 12.4. The molecule has 1 saturated carbocycles. The van der Waals surface area contributed by atoms with Gasteiger partial charge in [0.25, 0.3) is 0 Å². The van der Waals surface area contributed by atoms with Crippen LogP contribution in [0.5, 0.6) is 0 Å². The number of benzene rings is 1. The summed E-state index contributed by atoms with van der Waals surface area (Å²) in [6.07, 6.45) is 1.76. The minimum atomic E-state index is -1.30. The Bertz CT molecular complexity index is 563. The summed E-state index contributed by atoms with van der Waals surface area (Å²) in [5, 5.41) is 9.80. The Morgan fingerprint density at radius 2 is 1.90 bits per heavy atom. The Morgan fingerprint density at radius 1 is 1.30 bits per heavy atom. The van der Waals surface area contributed by atoms with Gasteiger partial charge in [0, 0.05) is 13.0 Å². The van der Waals surface area contributed by atoms with Gasteiger partial charge in [0.2, 0.25) is 5.91 Å². The van der Waals surface area contributed by atoms with Crippen LogP contribution >= 0.6 is 0 Å². The number of nitrogens with zero attached hydrogens (tertiary/aromatic N) is 1. The smallest absolute Gasteiger partial charge is 0.334 e. The summed E-state index contributed by atoms with van der Waals surface area (Å²) in [5.74, 6) is -1.16. The van der Waals surface area contributed by atoms with Crippen molar-refractivity contribution in [3.8, 4) is 0 Å². The molecule has 1 amide bonds. The minimum absolute atomic E-state index is 0.0495. The van der Waals surface area contributed by atoms with E-state index < -0.39 is 11.5 Å².